The molecular weight excluding hydrogens is 352 g/mol. The van der Waals surface area contributed by atoms with Crippen molar-refractivity contribution in [3.05, 3.63) is 77.9 Å². The molecular formula is C23H26N2O3. The lowest BCUT2D eigenvalue weighted by Gasteiger charge is -2.06. The normalized spacial score (nSPS) is 9.07. The Balaban J connectivity index is 0. The minimum Gasteiger partial charge on any atom is -0.478 e. The zero-order valence-electron chi connectivity index (χ0n) is 16.7. The number of allylic oxidation sites excluding steroid dienone is 5. The average Bonchev–Trinajstić information content (AvgIpc) is 2.63. The van der Waals surface area contributed by atoms with E-state index in [4.69, 9.17) is 16.8 Å². The Hall–Kier alpha value is -3.83. The minimum absolute atomic E-state index is 0.109. The van der Waals surface area contributed by atoms with Crippen LogP contribution in [0, 0.1) is 23.7 Å². The Bertz CT molecular complexity index is 836. The Morgan fingerprint density at radius 3 is 2.07 bits per heavy atom. The van der Waals surface area contributed by atoms with Crippen LogP contribution in [0.25, 0.3) is 0 Å². The van der Waals surface area contributed by atoms with Crippen molar-refractivity contribution in [3.63, 3.8) is 0 Å². The summed E-state index contributed by atoms with van der Waals surface area (Å²) in [6, 6.07) is 5.89. The van der Waals surface area contributed by atoms with Gasteiger partial charge in [-0.2, -0.15) is 5.26 Å². The summed E-state index contributed by atoms with van der Waals surface area (Å²) >= 11 is 0. The number of carbonyl (C=O) groups excluding carboxylic acids is 1. The molecule has 0 radical (unpaired) electrons. The average molecular weight is 378 g/mol. The van der Waals surface area contributed by atoms with E-state index in [-0.39, 0.29) is 16.8 Å². The highest BCUT2D eigenvalue weighted by Gasteiger charge is 2.12. The molecule has 1 rings (SSSR count). The maximum Gasteiger partial charge on any atom is 0.337 e. The molecule has 0 spiro atoms. The smallest absolute Gasteiger partial charge is 0.337 e. The maximum absolute atomic E-state index is 11.3. The number of hydrogen-bond acceptors (Lipinski definition) is 3. The third-order valence-corrected chi connectivity index (χ3v) is 2.95. The second kappa shape index (κ2) is 15.4. The van der Waals surface area contributed by atoms with Gasteiger partial charge >= 0.3 is 5.97 Å². The first kappa shape index (κ1) is 26.4. The summed E-state index contributed by atoms with van der Waals surface area (Å²) in [6.07, 6.45) is 11.1. The number of nitriles is 1. The molecule has 1 aromatic carbocycles. The number of carboxylic acids is 1. The number of amides is 1. The summed E-state index contributed by atoms with van der Waals surface area (Å²) in [4.78, 5) is 22.2. The largest absolute Gasteiger partial charge is 0.478 e. The number of carboxylic acid groups (broad SMARTS) is 1. The number of nitrogens with one attached hydrogen (secondary N) is 1. The van der Waals surface area contributed by atoms with Gasteiger partial charge in [-0.05, 0) is 58.0 Å². The predicted molar refractivity (Wildman–Crippen MR) is 115 cm³/mol. The summed E-state index contributed by atoms with van der Waals surface area (Å²) in [5.74, 6) is 0.723. The fourth-order valence-electron chi connectivity index (χ4n) is 1.32. The second-order valence-corrected chi connectivity index (χ2v) is 5.39. The van der Waals surface area contributed by atoms with E-state index in [2.05, 4.69) is 24.4 Å². The monoisotopic (exact) mass is 378 g/mol. The highest BCUT2D eigenvalue weighted by Crippen LogP contribution is 2.17. The highest BCUT2D eigenvalue weighted by atomic mass is 16.4. The van der Waals surface area contributed by atoms with Crippen LogP contribution in [-0.2, 0) is 4.79 Å². The number of rotatable bonds is 4. The first-order chi connectivity index (χ1) is 13.1. The summed E-state index contributed by atoms with van der Waals surface area (Å²) in [5, 5.41) is 20.0. The van der Waals surface area contributed by atoms with E-state index >= 15 is 0 Å². The van der Waals surface area contributed by atoms with Gasteiger partial charge in [0.25, 0.3) is 0 Å². The first-order valence-electron chi connectivity index (χ1n) is 8.24. The lowest BCUT2D eigenvalue weighted by atomic mass is 10.1. The highest BCUT2D eigenvalue weighted by molar-refractivity contribution is 6.04. The molecule has 28 heavy (non-hydrogen) atoms. The molecule has 0 aliphatic heterocycles. The van der Waals surface area contributed by atoms with Gasteiger partial charge in [0.2, 0.25) is 5.91 Å². The number of hydrogen-bond donors (Lipinski definition) is 2. The molecule has 0 unspecified atom stereocenters. The van der Waals surface area contributed by atoms with E-state index in [9.17, 15) is 9.59 Å². The van der Waals surface area contributed by atoms with Crippen LogP contribution in [0.3, 0.4) is 0 Å². The van der Waals surface area contributed by atoms with Crippen molar-refractivity contribution in [2.24, 2.45) is 0 Å². The molecule has 1 amide bonds. The Morgan fingerprint density at radius 1 is 1.18 bits per heavy atom. The lowest BCUT2D eigenvalue weighted by molar-refractivity contribution is -0.111. The molecule has 0 saturated heterocycles. The van der Waals surface area contributed by atoms with Crippen molar-refractivity contribution in [3.8, 4) is 18.4 Å². The van der Waals surface area contributed by atoms with Gasteiger partial charge in [-0.15, -0.1) is 6.42 Å². The van der Waals surface area contributed by atoms with Gasteiger partial charge in [0, 0.05) is 0 Å². The van der Waals surface area contributed by atoms with E-state index < -0.39 is 11.9 Å². The number of anilines is 1. The predicted octanol–water partition coefficient (Wildman–Crippen LogP) is 5.11. The van der Waals surface area contributed by atoms with Crippen molar-refractivity contribution in [2.45, 2.75) is 27.7 Å². The third-order valence-electron chi connectivity index (χ3n) is 2.95. The number of nitrogens with zero attached hydrogens (tertiary/aromatic N) is 1. The van der Waals surface area contributed by atoms with Crippen LogP contribution in [0.15, 0.2) is 66.8 Å². The van der Waals surface area contributed by atoms with Crippen LogP contribution in [0.1, 0.15) is 43.6 Å². The molecule has 5 heteroatoms. The Labute approximate surface area is 167 Å². The van der Waals surface area contributed by atoms with Crippen LogP contribution in [0.4, 0.5) is 5.69 Å². The molecule has 0 aliphatic carbocycles. The Morgan fingerprint density at radius 2 is 1.75 bits per heavy atom. The summed E-state index contributed by atoms with van der Waals surface area (Å²) in [6.45, 7) is 14.8. The molecule has 146 valence electrons. The van der Waals surface area contributed by atoms with Crippen LogP contribution < -0.4 is 5.32 Å². The molecule has 0 heterocycles. The molecule has 0 aromatic heterocycles. The van der Waals surface area contributed by atoms with Gasteiger partial charge in [0.1, 0.15) is 0 Å². The van der Waals surface area contributed by atoms with Gasteiger partial charge in [-0.25, -0.2) is 4.79 Å². The maximum atomic E-state index is 11.3. The summed E-state index contributed by atoms with van der Waals surface area (Å²) < 4.78 is 0. The van der Waals surface area contributed by atoms with Gasteiger partial charge in [0.15, 0.2) is 0 Å². The summed E-state index contributed by atoms with van der Waals surface area (Å²) in [7, 11) is 0. The van der Waals surface area contributed by atoms with Crippen LogP contribution in [0.5, 0.6) is 0 Å². The van der Waals surface area contributed by atoms with E-state index in [0.29, 0.717) is 0 Å². The van der Waals surface area contributed by atoms with E-state index in [1.165, 1.54) is 24.3 Å². The fourth-order valence-corrected chi connectivity index (χ4v) is 1.32. The zero-order valence-corrected chi connectivity index (χ0v) is 16.7. The molecule has 5 nitrogen and oxygen atoms in total. The summed E-state index contributed by atoms with van der Waals surface area (Å²) in [5.41, 5.74) is 2.41. The standard InChI is InChI=1S/C12H10N2O3.C6H10.C5H6/c1-2-3-11(15)14-10-5-4-8(7-13)6-9(10)12(16)17;1-5(2)6(3)4;1-3-5-4-2/h2-6H,1H3,(H,14,15)(H,16,17);1,3H2,2,4H3;1,4-5H,2H3/b3-2+;;5-4-. The van der Waals surface area contributed by atoms with Crippen molar-refractivity contribution in [2.75, 3.05) is 5.32 Å². The minimum atomic E-state index is -1.20. The van der Waals surface area contributed by atoms with Gasteiger partial charge in [-0.3, -0.25) is 4.79 Å². The van der Waals surface area contributed by atoms with Gasteiger partial charge in [0.05, 0.1) is 22.9 Å². The molecule has 1 aromatic rings. The van der Waals surface area contributed by atoms with Gasteiger partial charge in [-0.1, -0.05) is 42.4 Å². The number of aromatic carboxylic acids is 1. The fraction of sp³-hybridized carbons (Fsp3) is 0.174. The van der Waals surface area contributed by atoms with Crippen molar-refractivity contribution >= 4 is 17.6 Å². The number of terminal acetylenes is 1. The quantitative estimate of drug-likeness (QED) is 0.433. The first-order valence-corrected chi connectivity index (χ1v) is 8.24. The van der Waals surface area contributed by atoms with E-state index in [1.807, 2.05) is 32.9 Å². The molecule has 0 fully saturated rings. The number of carbonyl (C=O) groups is 2. The lowest BCUT2D eigenvalue weighted by Crippen LogP contribution is -2.12. The van der Waals surface area contributed by atoms with Gasteiger partial charge < -0.3 is 10.4 Å². The van der Waals surface area contributed by atoms with Crippen molar-refractivity contribution in [1.29, 1.82) is 5.26 Å². The van der Waals surface area contributed by atoms with Crippen LogP contribution in [-0.4, -0.2) is 17.0 Å². The molecule has 0 bridgehead atoms. The third kappa shape index (κ3) is 12.5. The second-order valence-electron chi connectivity index (χ2n) is 5.39. The zero-order chi connectivity index (χ0) is 22.1. The number of benzene rings is 1. The molecule has 0 atom stereocenters. The van der Waals surface area contributed by atoms with Crippen LogP contribution >= 0.6 is 0 Å². The van der Waals surface area contributed by atoms with Crippen LogP contribution in [0.2, 0.25) is 0 Å². The molecule has 0 aliphatic rings. The topological polar surface area (TPSA) is 90.2 Å². The van der Waals surface area contributed by atoms with E-state index in [1.54, 1.807) is 19.1 Å². The van der Waals surface area contributed by atoms with E-state index in [0.717, 1.165) is 11.1 Å². The Kier molecular flexibility index (Phi) is 14.5. The molecule has 2 N–H and O–H groups in total. The molecule has 0 saturated carbocycles. The SMILES string of the molecule is C#C/C=C\C.C/C=C/C(=O)Nc1ccc(C#N)cc1C(=O)O.C=C(C)C(=C)C. The van der Waals surface area contributed by atoms with Crippen molar-refractivity contribution < 1.29 is 14.7 Å². The van der Waals surface area contributed by atoms with Crippen molar-refractivity contribution in [1.82, 2.24) is 0 Å².